The fourth-order valence-electron chi connectivity index (χ4n) is 12.7. The summed E-state index contributed by atoms with van der Waals surface area (Å²) in [6.45, 7) is 4.11. The van der Waals surface area contributed by atoms with Crippen LogP contribution in [0.15, 0.2) is 273 Å². The number of nitrogens with zero attached hydrogens (tertiary/aromatic N) is 4. The molecule has 0 saturated carbocycles. The summed E-state index contributed by atoms with van der Waals surface area (Å²) in [5.41, 5.74) is 20.8. The molecule has 12 aromatic carbocycles. The Morgan fingerprint density at radius 3 is 1.12 bits per heavy atom. The molecule has 2 aliphatic heterocycles. The Kier molecular flexibility index (Phi) is 10.7. The molecule has 2 aliphatic rings. The SMILES string of the molecule is Cc1ccc(N(c2ccc3c(c2)Oc2cc(-c4ccccc4)cc4c2B3c2ccc(N(c3ccc(C)cc3)c3ccc5c(c3)c3ccccc3n5-c3ccccc3)cc2O4)c2ccc3c(c2)c2ccccc2n3-c2ccccc2)cc1. The van der Waals surface area contributed by atoms with Gasteiger partial charge in [-0.05, 0) is 157 Å². The van der Waals surface area contributed by atoms with Crippen molar-refractivity contribution in [1.82, 2.24) is 9.13 Å². The molecule has 16 rings (SSSR count). The lowest BCUT2D eigenvalue weighted by Gasteiger charge is -2.35. The fraction of sp³-hybridized carbons (Fsp3) is 0.0270. The average molecular weight is 1040 g/mol. The zero-order valence-corrected chi connectivity index (χ0v) is 44.7. The van der Waals surface area contributed by atoms with Crippen LogP contribution in [0.1, 0.15) is 11.1 Å². The van der Waals surface area contributed by atoms with Crippen LogP contribution < -0.4 is 35.7 Å². The summed E-state index contributed by atoms with van der Waals surface area (Å²) in [5, 5.41) is 4.77. The van der Waals surface area contributed by atoms with Gasteiger partial charge < -0.3 is 28.4 Å². The number of rotatable bonds is 9. The maximum absolute atomic E-state index is 7.23. The smallest absolute Gasteiger partial charge is 0.260 e. The summed E-state index contributed by atoms with van der Waals surface area (Å²) in [6, 6.07) is 98.5. The summed E-state index contributed by atoms with van der Waals surface area (Å²) in [7, 11) is 0. The van der Waals surface area contributed by atoms with E-state index in [1.54, 1.807) is 0 Å². The molecule has 14 aromatic rings. The molecule has 0 N–H and O–H groups in total. The van der Waals surface area contributed by atoms with Crippen molar-refractivity contribution < 1.29 is 9.47 Å². The van der Waals surface area contributed by atoms with E-state index in [0.29, 0.717) is 0 Å². The van der Waals surface area contributed by atoms with Crippen LogP contribution in [0.5, 0.6) is 23.0 Å². The lowest BCUT2D eigenvalue weighted by Crippen LogP contribution is -2.57. The van der Waals surface area contributed by atoms with Gasteiger partial charge in [-0.15, -0.1) is 0 Å². The van der Waals surface area contributed by atoms with E-state index in [4.69, 9.17) is 9.47 Å². The molecule has 4 heterocycles. The summed E-state index contributed by atoms with van der Waals surface area (Å²) >= 11 is 0. The van der Waals surface area contributed by atoms with Gasteiger partial charge in [0.05, 0.1) is 22.1 Å². The predicted molar refractivity (Wildman–Crippen MR) is 337 cm³/mol. The number of hydrogen-bond donors (Lipinski definition) is 0. The van der Waals surface area contributed by atoms with E-state index in [-0.39, 0.29) is 6.71 Å². The lowest BCUT2D eigenvalue weighted by molar-refractivity contribution is 0.465. The number of anilines is 6. The van der Waals surface area contributed by atoms with Crippen LogP contribution in [0, 0.1) is 13.8 Å². The Bertz CT molecular complexity index is 4500. The third kappa shape index (κ3) is 7.65. The monoisotopic (exact) mass is 1040 g/mol. The van der Waals surface area contributed by atoms with Crippen LogP contribution >= 0.6 is 0 Å². The third-order valence-corrected chi connectivity index (χ3v) is 16.5. The Morgan fingerprint density at radius 1 is 0.296 bits per heavy atom. The van der Waals surface area contributed by atoms with Gasteiger partial charge in [0.25, 0.3) is 6.71 Å². The highest BCUT2D eigenvalue weighted by Gasteiger charge is 2.41. The van der Waals surface area contributed by atoms with Gasteiger partial charge in [-0.1, -0.05) is 151 Å². The highest BCUT2D eigenvalue weighted by molar-refractivity contribution is 6.98. The van der Waals surface area contributed by atoms with Crippen molar-refractivity contribution in [3.8, 4) is 45.5 Å². The van der Waals surface area contributed by atoms with Crippen molar-refractivity contribution in [3.63, 3.8) is 0 Å². The van der Waals surface area contributed by atoms with Gasteiger partial charge in [-0.2, -0.15) is 0 Å². The van der Waals surface area contributed by atoms with Gasteiger partial charge in [0.15, 0.2) is 0 Å². The first kappa shape index (κ1) is 46.6. The zero-order chi connectivity index (χ0) is 53.7. The highest BCUT2D eigenvalue weighted by Crippen LogP contribution is 2.46. The van der Waals surface area contributed by atoms with Crippen LogP contribution in [0.2, 0.25) is 0 Å². The molecular weight excluding hydrogens is 988 g/mol. The molecule has 0 atom stereocenters. The Hall–Kier alpha value is -10.5. The summed E-state index contributed by atoms with van der Waals surface area (Å²) in [6.07, 6.45) is 0. The maximum Gasteiger partial charge on any atom is 0.260 e. The lowest BCUT2D eigenvalue weighted by atomic mass is 9.35. The van der Waals surface area contributed by atoms with Gasteiger partial charge >= 0.3 is 0 Å². The van der Waals surface area contributed by atoms with Gasteiger partial charge in [0.2, 0.25) is 0 Å². The van der Waals surface area contributed by atoms with Crippen molar-refractivity contribution in [1.29, 1.82) is 0 Å². The van der Waals surface area contributed by atoms with E-state index in [1.165, 1.54) is 43.7 Å². The molecule has 0 amide bonds. The first-order valence-electron chi connectivity index (χ1n) is 27.8. The van der Waals surface area contributed by atoms with Gasteiger partial charge in [0.1, 0.15) is 23.0 Å². The van der Waals surface area contributed by atoms with E-state index in [9.17, 15) is 0 Å². The largest absolute Gasteiger partial charge is 0.458 e. The number of benzene rings is 12. The first-order chi connectivity index (χ1) is 40.0. The quantitative estimate of drug-likeness (QED) is 0.135. The van der Waals surface area contributed by atoms with Crippen molar-refractivity contribution in [3.05, 3.63) is 284 Å². The van der Waals surface area contributed by atoms with Gasteiger partial charge in [-0.3, -0.25) is 0 Å². The zero-order valence-electron chi connectivity index (χ0n) is 44.7. The molecule has 0 spiro atoms. The van der Waals surface area contributed by atoms with Crippen molar-refractivity contribution in [2.45, 2.75) is 13.8 Å². The molecule has 2 aromatic heterocycles. The molecule has 81 heavy (non-hydrogen) atoms. The molecule has 0 radical (unpaired) electrons. The van der Waals surface area contributed by atoms with Crippen molar-refractivity contribution >= 4 is 101 Å². The summed E-state index contributed by atoms with van der Waals surface area (Å²) < 4.78 is 19.2. The van der Waals surface area contributed by atoms with E-state index < -0.39 is 0 Å². The number of fused-ring (bicyclic) bond motifs is 10. The molecule has 0 bridgehead atoms. The second kappa shape index (κ2) is 18.6. The number of ether oxygens (including phenoxy) is 2. The third-order valence-electron chi connectivity index (χ3n) is 16.5. The molecule has 7 heteroatoms. The number of para-hydroxylation sites is 4. The highest BCUT2D eigenvalue weighted by atomic mass is 16.5. The number of hydrogen-bond acceptors (Lipinski definition) is 4. The molecule has 0 aliphatic carbocycles. The van der Waals surface area contributed by atoms with Crippen LogP contribution in [0.4, 0.5) is 34.1 Å². The average Bonchev–Trinajstić information content (AvgIpc) is 4.23. The van der Waals surface area contributed by atoms with Gasteiger partial charge in [0, 0.05) is 84.6 Å². The van der Waals surface area contributed by atoms with Crippen LogP contribution in [-0.2, 0) is 0 Å². The van der Waals surface area contributed by atoms with Crippen LogP contribution in [-0.4, -0.2) is 15.8 Å². The molecule has 0 unspecified atom stereocenters. The minimum Gasteiger partial charge on any atom is -0.458 e. The van der Waals surface area contributed by atoms with Crippen LogP contribution in [0.3, 0.4) is 0 Å². The van der Waals surface area contributed by atoms with Gasteiger partial charge in [-0.25, -0.2) is 0 Å². The number of aryl methyl sites for hydroxylation is 2. The van der Waals surface area contributed by atoms with E-state index >= 15 is 0 Å². The van der Waals surface area contributed by atoms with E-state index in [2.05, 4.69) is 306 Å². The molecule has 382 valence electrons. The first-order valence-corrected chi connectivity index (χ1v) is 27.8. The Morgan fingerprint density at radius 2 is 0.667 bits per heavy atom. The predicted octanol–water partition coefficient (Wildman–Crippen LogP) is 17.8. The Balaban J connectivity index is 0.854. The minimum atomic E-state index is -0.169. The topological polar surface area (TPSA) is 34.8 Å². The van der Waals surface area contributed by atoms with Crippen molar-refractivity contribution in [2.75, 3.05) is 9.80 Å². The van der Waals surface area contributed by atoms with E-state index in [1.807, 2.05) is 0 Å². The fourth-order valence-corrected chi connectivity index (χ4v) is 12.7. The molecule has 0 fully saturated rings. The summed E-state index contributed by atoms with van der Waals surface area (Å²) in [4.78, 5) is 4.72. The standard InChI is InChI=1S/C74H51BN4O2/c1-48-26-30-54(31-27-48)76(56-36-40-68-62(44-56)60-22-12-14-24-66(60)78(68)52-18-8-4-9-19-52)58-34-38-64-70(46-58)80-72-42-51(50-16-6-3-7-17-50)43-73-74(72)75(64)65-39-35-59(47-71(65)81-73)77(55-32-28-49(2)29-33-55)57-37-41-69-63(45-57)61-23-13-15-25-67(61)79(69)53-20-10-5-11-21-53/h3-47H,1-2H3. The molecule has 6 nitrogen and oxygen atoms in total. The minimum absolute atomic E-state index is 0.169. The van der Waals surface area contributed by atoms with Crippen molar-refractivity contribution in [2.24, 2.45) is 0 Å². The molecule has 0 saturated heterocycles. The summed E-state index contributed by atoms with van der Waals surface area (Å²) in [5.74, 6) is 3.19. The maximum atomic E-state index is 7.23. The van der Waals surface area contributed by atoms with E-state index in [0.717, 1.165) is 107 Å². The second-order valence-electron chi connectivity index (χ2n) is 21.5. The Labute approximate surface area is 470 Å². The second-order valence-corrected chi connectivity index (χ2v) is 21.5. The number of aromatic nitrogens is 2. The van der Waals surface area contributed by atoms with Crippen LogP contribution in [0.25, 0.3) is 66.1 Å². The normalized spacial score (nSPS) is 12.2. The molecular formula is C74H51BN4O2.